The van der Waals surface area contributed by atoms with Gasteiger partial charge in [-0.1, -0.05) is 11.6 Å². The molecule has 3 aromatic rings. The van der Waals surface area contributed by atoms with E-state index in [1.165, 1.54) is 12.0 Å². The number of rotatable bonds is 4. The van der Waals surface area contributed by atoms with Gasteiger partial charge in [-0.05, 0) is 58.6 Å². The van der Waals surface area contributed by atoms with E-state index in [2.05, 4.69) is 22.5 Å². The number of hydrogen-bond acceptors (Lipinski definition) is 3. The summed E-state index contributed by atoms with van der Waals surface area (Å²) in [4.78, 5) is 19.7. The van der Waals surface area contributed by atoms with E-state index in [4.69, 9.17) is 4.42 Å². The molecule has 0 bridgehead atoms. The van der Waals surface area contributed by atoms with E-state index in [-0.39, 0.29) is 11.9 Å². The fourth-order valence-electron chi connectivity index (χ4n) is 4.17. The van der Waals surface area contributed by atoms with E-state index in [0.29, 0.717) is 5.76 Å². The minimum absolute atomic E-state index is 0.0356. The highest BCUT2D eigenvalue weighted by molar-refractivity contribution is 5.99. The van der Waals surface area contributed by atoms with Crippen molar-refractivity contribution in [1.82, 2.24) is 14.5 Å². The zero-order valence-corrected chi connectivity index (χ0v) is 16.4. The molecule has 0 unspecified atom stereocenters. The number of piperidine rings is 1. The van der Waals surface area contributed by atoms with Crippen LogP contribution < -0.4 is 0 Å². The molecular weight excluding hydrogens is 338 g/mol. The van der Waals surface area contributed by atoms with Crippen molar-refractivity contribution in [1.29, 1.82) is 0 Å². The topological polar surface area (TPSA) is 51.3 Å². The predicted octanol–water partition coefficient (Wildman–Crippen LogP) is 4.64. The summed E-state index contributed by atoms with van der Waals surface area (Å²) in [5.74, 6) is 1.56. The lowest BCUT2D eigenvalue weighted by Gasteiger charge is -2.35. The number of benzene rings is 1. The highest BCUT2D eigenvalue weighted by atomic mass is 16.3. The molecule has 1 aliphatic rings. The molecular formula is C22H27N3O2. The Kier molecular flexibility index (Phi) is 4.77. The smallest absolute Gasteiger partial charge is 0.290 e. The van der Waals surface area contributed by atoms with Gasteiger partial charge < -0.3 is 13.9 Å². The third-order valence-electron chi connectivity index (χ3n) is 5.80. The number of carbonyl (C=O) groups is 1. The van der Waals surface area contributed by atoms with Gasteiger partial charge in [-0.2, -0.15) is 0 Å². The van der Waals surface area contributed by atoms with E-state index in [0.717, 1.165) is 54.7 Å². The minimum Gasteiger partial charge on any atom is -0.451 e. The quantitative estimate of drug-likeness (QED) is 0.677. The molecule has 2 aromatic heterocycles. The van der Waals surface area contributed by atoms with Gasteiger partial charge in [0.15, 0.2) is 5.76 Å². The summed E-state index contributed by atoms with van der Waals surface area (Å²) < 4.78 is 8.14. The molecule has 27 heavy (non-hydrogen) atoms. The van der Waals surface area contributed by atoms with E-state index >= 15 is 0 Å². The molecule has 0 N–H and O–H groups in total. The molecule has 0 radical (unpaired) electrons. The summed E-state index contributed by atoms with van der Waals surface area (Å²) in [6.45, 7) is 7.77. The van der Waals surface area contributed by atoms with Crippen molar-refractivity contribution >= 4 is 16.9 Å². The Morgan fingerprint density at radius 3 is 2.89 bits per heavy atom. The molecule has 1 aliphatic heterocycles. The number of aryl methyl sites for hydroxylation is 4. The first kappa shape index (κ1) is 17.8. The zero-order chi connectivity index (χ0) is 19.0. The third-order valence-corrected chi connectivity index (χ3v) is 5.80. The van der Waals surface area contributed by atoms with Crippen LogP contribution in [-0.2, 0) is 6.54 Å². The lowest BCUT2D eigenvalue weighted by Crippen LogP contribution is -2.44. The van der Waals surface area contributed by atoms with Gasteiger partial charge in [-0.25, -0.2) is 4.98 Å². The SMILES string of the molecule is Cc1ccc2oc(C(=O)N3CCCC[C@H]3CCn3ccnc3C)c(C)c2c1. The van der Waals surface area contributed by atoms with Gasteiger partial charge in [0.25, 0.3) is 5.91 Å². The summed E-state index contributed by atoms with van der Waals surface area (Å²) in [5.41, 5.74) is 2.93. The van der Waals surface area contributed by atoms with E-state index in [1.54, 1.807) is 0 Å². The molecule has 1 aromatic carbocycles. The molecule has 5 nitrogen and oxygen atoms in total. The Hall–Kier alpha value is -2.56. The normalized spacial score (nSPS) is 17.6. The third kappa shape index (κ3) is 3.38. The molecule has 3 heterocycles. The minimum atomic E-state index is 0.0356. The standard InChI is InChI=1S/C22H27N3O2/c1-15-7-8-20-19(14-15)16(2)21(27-20)22(26)25-11-5-4-6-18(25)9-12-24-13-10-23-17(24)3/h7-8,10,13-14,18H,4-6,9,11-12H2,1-3H3/t18-/m0/s1. The molecule has 1 saturated heterocycles. The number of hydrogen-bond donors (Lipinski definition) is 0. The van der Waals surface area contributed by atoms with E-state index in [9.17, 15) is 4.79 Å². The Labute approximate surface area is 160 Å². The number of carbonyl (C=O) groups excluding carboxylic acids is 1. The molecule has 0 saturated carbocycles. The molecule has 1 fully saturated rings. The Bertz CT molecular complexity index is 969. The highest BCUT2D eigenvalue weighted by Gasteiger charge is 2.30. The maximum Gasteiger partial charge on any atom is 0.290 e. The van der Waals surface area contributed by atoms with Crippen LogP contribution in [-0.4, -0.2) is 32.9 Å². The molecule has 142 valence electrons. The van der Waals surface area contributed by atoms with E-state index in [1.807, 2.05) is 43.3 Å². The summed E-state index contributed by atoms with van der Waals surface area (Å²) in [6.07, 6.45) is 8.08. The molecule has 5 heteroatoms. The number of furan rings is 1. The monoisotopic (exact) mass is 365 g/mol. The van der Waals surface area contributed by atoms with Crippen molar-refractivity contribution in [3.05, 3.63) is 53.3 Å². The van der Waals surface area contributed by atoms with Crippen LogP contribution in [0.2, 0.25) is 0 Å². The Balaban J connectivity index is 1.57. The number of nitrogens with zero attached hydrogens (tertiary/aromatic N) is 3. The van der Waals surface area contributed by atoms with Crippen LogP contribution in [0.4, 0.5) is 0 Å². The van der Waals surface area contributed by atoms with Gasteiger partial charge in [-0.15, -0.1) is 0 Å². The second-order valence-electron chi connectivity index (χ2n) is 7.66. The lowest BCUT2D eigenvalue weighted by atomic mass is 9.98. The van der Waals surface area contributed by atoms with Crippen LogP contribution >= 0.6 is 0 Å². The fraction of sp³-hybridized carbons (Fsp3) is 0.455. The average Bonchev–Trinajstić information content (AvgIpc) is 3.23. The Morgan fingerprint density at radius 1 is 1.26 bits per heavy atom. The molecule has 0 aliphatic carbocycles. The number of amides is 1. The number of likely N-dealkylation sites (tertiary alicyclic amines) is 1. The largest absolute Gasteiger partial charge is 0.451 e. The molecule has 1 amide bonds. The maximum atomic E-state index is 13.3. The number of imidazole rings is 1. The fourth-order valence-corrected chi connectivity index (χ4v) is 4.17. The molecule has 0 spiro atoms. The summed E-state index contributed by atoms with van der Waals surface area (Å²) in [5, 5.41) is 1.04. The van der Waals surface area contributed by atoms with Crippen molar-refractivity contribution in [3.63, 3.8) is 0 Å². The summed E-state index contributed by atoms with van der Waals surface area (Å²) in [6, 6.07) is 6.34. The van der Waals surface area contributed by atoms with Crippen LogP contribution in [0.5, 0.6) is 0 Å². The molecule has 1 atom stereocenters. The van der Waals surface area contributed by atoms with Crippen molar-refractivity contribution in [2.45, 2.75) is 59.0 Å². The van der Waals surface area contributed by atoms with Crippen LogP contribution in [0.1, 0.15) is 53.2 Å². The van der Waals surface area contributed by atoms with Crippen LogP contribution in [0.15, 0.2) is 35.0 Å². The average molecular weight is 365 g/mol. The van der Waals surface area contributed by atoms with Gasteiger partial charge in [0.1, 0.15) is 11.4 Å². The van der Waals surface area contributed by atoms with Crippen LogP contribution in [0.25, 0.3) is 11.0 Å². The van der Waals surface area contributed by atoms with Gasteiger partial charge >= 0.3 is 0 Å². The predicted molar refractivity (Wildman–Crippen MR) is 106 cm³/mol. The number of aromatic nitrogens is 2. The van der Waals surface area contributed by atoms with Crippen molar-refractivity contribution < 1.29 is 9.21 Å². The first-order valence-corrected chi connectivity index (χ1v) is 9.83. The van der Waals surface area contributed by atoms with Crippen LogP contribution in [0.3, 0.4) is 0 Å². The van der Waals surface area contributed by atoms with Crippen molar-refractivity contribution in [2.75, 3.05) is 6.54 Å². The van der Waals surface area contributed by atoms with Gasteiger partial charge in [0, 0.05) is 42.5 Å². The second-order valence-corrected chi connectivity index (χ2v) is 7.66. The van der Waals surface area contributed by atoms with Crippen LogP contribution in [0, 0.1) is 20.8 Å². The first-order chi connectivity index (χ1) is 13.0. The number of fused-ring (bicyclic) bond motifs is 1. The van der Waals surface area contributed by atoms with E-state index < -0.39 is 0 Å². The zero-order valence-electron chi connectivity index (χ0n) is 16.4. The Morgan fingerprint density at radius 2 is 2.11 bits per heavy atom. The van der Waals surface area contributed by atoms with Crippen molar-refractivity contribution in [3.8, 4) is 0 Å². The highest BCUT2D eigenvalue weighted by Crippen LogP contribution is 2.30. The summed E-state index contributed by atoms with van der Waals surface area (Å²) in [7, 11) is 0. The molecule has 4 rings (SSSR count). The summed E-state index contributed by atoms with van der Waals surface area (Å²) >= 11 is 0. The first-order valence-electron chi connectivity index (χ1n) is 9.83. The lowest BCUT2D eigenvalue weighted by molar-refractivity contribution is 0.0564. The second kappa shape index (κ2) is 7.22. The van der Waals surface area contributed by atoms with Gasteiger partial charge in [0.2, 0.25) is 0 Å². The van der Waals surface area contributed by atoms with Gasteiger partial charge in [0.05, 0.1) is 0 Å². The maximum absolute atomic E-state index is 13.3. The van der Waals surface area contributed by atoms with Gasteiger partial charge in [-0.3, -0.25) is 4.79 Å². The van der Waals surface area contributed by atoms with Crippen molar-refractivity contribution in [2.24, 2.45) is 0 Å².